The Morgan fingerprint density at radius 3 is 2.34 bits per heavy atom. The molecular weight excluding hydrogens is 617 g/mol. The van der Waals surface area contributed by atoms with Crippen molar-refractivity contribution in [3.8, 4) is 0 Å². The average molecular weight is 659 g/mol. The van der Waals surface area contributed by atoms with Gasteiger partial charge in [-0.1, -0.05) is 73.3 Å². The van der Waals surface area contributed by atoms with E-state index in [1.54, 1.807) is 0 Å². The monoisotopic (exact) mass is 658 g/mol. The number of para-hydroxylation sites is 3. The summed E-state index contributed by atoms with van der Waals surface area (Å²) in [5.41, 5.74) is 10.6. The van der Waals surface area contributed by atoms with Crippen molar-refractivity contribution >= 4 is 39.0 Å². The third kappa shape index (κ3) is 4.35. The van der Waals surface area contributed by atoms with Crippen LogP contribution in [0.5, 0.6) is 0 Å². The van der Waals surface area contributed by atoms with E-state index >= 15 is 0 Å². The van der Waals surface area contributed by atoms with Crippen molar-refractivity contribution in [1.29, 1.82) is 0 Å². The van der Waals surface area contributed by atoms with Crippen LogP contribution in [0.25, 0.3) is 21.9 Å². The van der Waals surface area contributed by atoms with Crippen LogP contribution in [0.2, 0.25) is 0 Å². The van der Waals surface area contributed by atoms with Crippen LogP contribution in [0.15, 0.2) is 139 Å². The molecule has 5 aliphatic heterocycles. The lowest BCUT2D eigenvalue weighted by Crippen LogP contribution is -2.46. The zero-order valence-electron chi connectivity index (χ0n) is 28.7. The van der Waals surface area contributed by atoms with Crippen molar-refractivity contribution in [2.45, 2.75) is 50.6 Å². The highest BCUT2D eigenvalue weighted by Crippen LogP contribution is 2.47. The number of nitrogens with zero attached hydrogens (tertiary/aromatic N) is 6. The van der Waals surface area contributed by atoms with Crippen LogP contribution in [0.4, 0.5) is 17.1 Å². The van der Waals surface area contributed by atoms with E-state index in [1.165, 1.54) is 33.6 Å². The molecule has 50 heavy (non-hydrogen) atoms. The average Bonchev–Trinajstić information content (AvgIpc) is 3.91. The molecule has 1 aromatic heterocycles. The second kappa shape index (κ2) is 11.2. The molecule has 1 fully saturated rings. The first-order valence-corrected chi connectivity index (χ1v) is 17.9. The summed E-state index contributed by atoms with van der Waals surface area (Å²) in [6, 6.07) is 31.0. The predicted octanol–water partition coefficient (Wildman–Crippen LogP) is 8.67. The van der Waals surface area contributed by atoms with Crippen LogP contribution in [0.3, 0.4) is 0 Å². The van der Waals surface area contributed by atoms with Gasteiger partial charge in [-0.05, 0) is 60.2 Å². The van der Waals surface area contributed by atoms with Crippen molar-refractivity contribution in [2.24, 2.45) is 0 Å². The van der Waals surface area contributed by atoms with Crippen LogP contribution in [0, 0.1) is 6.92 Å². The number of benzene rings is 4. The molecule has 5 aromatic rings. The molecule has 250 valence electrons. The maximum atomic E-state index is 6.70. The van der Waals surface area contributed by atoms with Crippen molar-refractivity contribution in [3.63, 3.8) is 0 Å². The van der Waals surface area contributed by atoms with E-state index in [1.807, 2.05) is 0 Å². The van der Waals surface area contributed by atoms with Gasteiger partial charge < -0.3 is 33.8 Å². The van der Waals surface area contributed by atoms with Crippen LogP contribution < -0.4 is 14.7 Å². The molecule has 0 radical (unpaired) electrons. The van der Waals surface area contributed by atoms with Gasteiger partial charge in [-0.2, -0.15) is 0 Å². The summed E-state index contributed by atoms with van der Waals surface area (Å²) in [4.78, 5) is 14.9. The van der Waals surface area contributed by atoms with Gasteiger partial charge in [0, 0.05) is 91.8 Å². The number of anilines is 3. The van der Waals surface area contributed by atoms with E-state index in [4.69, 9.17) is 11.0 Å². The summed E-state index contributed by atoms with van der Waals surface area (Å²) in [5, 5.41) is 2.30. The summed E-state index contributed by atoms with van der Waals surface area (Å²) < 4.78 is 6.70. The summed E-state index contributed by atoms with van der Waals surface area (Å²) in [5.74, 6) is 0.100. The third-order valence-electron chi connectivity index (χ3n) is 11.6. The summed E-state index contributed by atoms with van der Waals surface area (Å²) in [6.07, 6.45) is 16.8. The number of aryl methyl sites for hydroxylation is 1. The minimum atomic E-state index is -0.00198. The zero-order chi connectivity index (χ0) is 33.5. The molecule has 0 saturated carbocycles. The lowest BCUT2D eigenvalue weighted by atomic mass is 9.85. The van der Waals surface area contributed by atoms with Crippen LogP contribution in [-0.2, 0) is 6.42 Å². The van der Waals surface area contributed by atoms with E-state index < -0.39 is 0 Å². The number of hydrogen-bond donors (Lipinski definition) is 0. The highest BCUT2D eigenvalue weighted by molar-refractivity contribution is 6.09. The Kier molecular flexibility index (Phi) is 6.60. The molecule has 4 atom stereocenters. The van der Waals surface area contributed by atoms with Gasteiger partial charge in [0.25, 0.3) is 0 Å². The van der Waals surface area contributed by atoms with Crippen LogP contribution in [0.1, 0.15) is 35.4 Å². The molecule has 6 heterocycles. The first-order valence-electron chi connectivity index (χ1n) is 17.9. The highest BCUT2D eigenvalue weighted by Gasteiger charge is 2.42. The fourth-order valence-corrected chi connectivity index (χ4v) is 9.30. The Morgan fingerprint density at radius 1 is 0.680 bits per heavy atom. The molecule has 0 amide bonds. The van der Waals surface area contributed by atoms with E-state index in [9.17, 15) is 0 Å². The van der Waals surface area contributed by atoms with Gasteiger partial charge in [-0.25, -0.2) is 0 Å². The van der Waals surface area contributed by atoms with E-state index in [-0.39, 0.29) is 24.4 Å². The standard InChI is InChI=1S/C43H42N6O/c1-29-17-18-34-33-13-6-9-16-38(33)50-41(34)40(29)49-24-21-44(3)43(49)35-28-31-11-4-7-14-36(31)48-26-23-46-20-10-19-45-22-25-47(37-15-8-5-12-32(35)37)39(45)27-30(2)42(46)48/h4-9,11-18,21-26,35,39,42-43H,2,10,19-20,27-28H2,1,3H3. The van der Waals surface area contributed by atoms with Crippen LogP contribution in [-0.4, -0.2) is 53.3 Å². The quantitative estimate of drug-likeness (QED) is 0.176. The molecule has 7 nitrogen and oxygen atoms in total. The van der Waals surface area contributed by atoms with Crippen molar-refractivity contribution in [2.75, 3.05) is 34.8 Å². The molecule has 4 unspecified atom stereocenters. The second-order valence-electron chi connectivity index (χ2n) is 14.4. The molecule has 7 heteroatoms. The molecule has 10 rings (SSSR count). The lowest BCUT2D eigenvalue weighted by Gasteiger charge is -2.42. The van der Waals surface area contributed by atoms with Gasteiger partial charge in [0.2, 0.25) is 0 Å². The highest BCUT2D eigenvalue weighted by atomic mass is 16.3. The molecule has 1 saturated heterocycles. The minimum Gasteiger partial charge on any atom is -0.454 e. The Balaban J connectivity index is 1.19. The largest absolute Gasteiger partial charge is 0.454 e. The van der Waals surface area contributed by atoms with Gasteiger partial charge in [0.1, 0.15) is 24.1 Å². The third-order valence-corrected chi connectivity index (χ3v) is 11.6. The molecular formula is C43H42N6O. The lowest BCUT2D eigenvalue weighted by molar-refractivity contribution is 0.289. The molecule has 2 bridgehead atoms. The van der Waals surface area contributed by atoms with E-state index in [0.717, 1.165) is 60.0 Å². The van der Waals surface area contributed by atoms with E-state index in [2.05, 4.69) is 165 Å². The molecule has 0 N–H and O–H groups in total. The minimum absolute atomic E-state index is 0.00198. The van der Waals surface area contributed by atoms with Gasteiger partial charge in [-0.15, -0.1) is 0 Å². The maximum absolute atomic E-state index is 6.70. The SMILES string of the molecule is C=C1CC2N3C=CN2c2ccccc2C(C2N(C)C=CN2c2c(C)ccc4c2oc2ccccc24)Cc2ccccc2N2C=CN(CCC3)C12. The fraction of sp³-hybridized carbons (Fsp3) is 0.256. The molecule has 5 aliphatic rings. The Bertz CT molecular complexity index is 2250. The number of hydrogen-bond acceptors (Lipinski definition) is 7. The van der Waals surface area contributed by atoms with Crippen molar-refractivity contribution in [1.82, 2.24) is 14.7 Å². The van der Waals surface area contributed by atoms with E-state index in [0.29, 0.717) is 0 Å². The van der Waals surface area contributed by atoms with Crippen LogP contribution >= 0.6 is 0 Å². The smallest absolute Gasteiger partial charge is 0.159 e. The first-order chi connectivity index (χ1) is 24.5. The first kappa shape index (κ1) is 29.4. The topological polar surface area (TPSA) is 32.6 Å². The molecule has 0 aliphatic carbocycles. The second-order valence-corrected chi connectivity index (χ2v) is 14.4. The Morgan fingerprint density at radius 2 is 1.42 bits per heavy atom. The van der Waals surface area contributed by atoms with Gasteiger partial charge in [0.15, 0.2) is 5.58 Å². The maximum Gasteiger partial charge on any atom is 0.159 e. The van der Waals surface area contributed by atoms with Gasteiger partial charge >= 0.3 is 0 Å². The Hall–Kier alpha value is -5.56. The summed E-state index contributed by atoms with van der Waals surface area (Å²) in [6.45, 7) is 9.00. The fourth-order valence-electron chi connectivity index (χ4n) is 9.30. The van der Waals surface area contributed by atoms with Crippen molar-refractivity contribution < 1.29 is 4.42 Å². The van der Waals surface area contributed by atoms with Gasteiger partial charge in [0.05, 0.1) is 5.69 Å². The number of fused-ring (bicyclic) bond motifs is 8. The predicted molar refractivity (Wildman–Crippen MR) is 204 cm³/mol. The Labute approximate surface area is 293 Å². The molecule has 4 aromatic carbocycles. The normalized spacial score (nSPS) is 24.2. The number of rotatable bonds is 2. The molecule has 0 spiro atoms. The zero-order valence-corrected chi connectivity index (χ0v) is 28.7. The van der Waals surface area contributed by atoms with Gasteiger partial charge in [-0.3, -0.25) is 0 Å². The summed E-state index contributed by atoms with van der Waals surface area (Å²) in [7, 11) is 2.23. The number of furan rings is 1. The number of likely N-dealkylation sites (N-methyl/N-ethyl adjacent to an activating group) is 1. The summed E-state index contributed by atoms with van der Waals surface area (Å²) >= 11 is 0. The van der Waals surface area contributed by atoms with Crippen molar-refractivity contribution in [3.05, 3.63) is 151 Å².